The molecule has 1 aromatic carbocycles. The van der Waals surface area contributed by atoms with Gasteiger partial charge in [-0.3, -0.25) is 9.68 Å². The van der Waals surface area contributed by atoms with Gasteiger partial charge in [-0.15, -0.1) is 0 Å². The molecule has 1 N–H and O–H groups in total. The third-order valence-corrected chi connectivity index (χ3v) is 8.58. The molecule has 0 bridgehead atoms. The van der Waals surface area contributed by atoms with E-state index in [-0.39, 0.29) is 18.3 Å². The molecule has 6 heteroatoms. The van der Waals surface area contributed by atoms with Crippen LogP contribution in [0.4, 0.5) is 0 Å². The lowest BCUT2D eigenvalue weighted by atomic mass is 9.79. The van der Waals surface area contributed by atoms with Crippen molar-refractivity contribution in [1.29, 1.82) is 0 Å². The fraction of sp³-hybridized carbons (Fsp3) is 0.600. The predicted octanol–water partition coefficient (Wildman–Crippen LogP) is 1.80. The van der Waals surface area contributed by atoms with Crippen LogP contribution in [0.1, 0.15) is 12.5 Å². The number of aliphatic hydroxyl groups excluding tert-OH is 1. The molecule has 4 rings (SSSR count). The van der Waals surface area contributed by atoms with Gasteiger partial charge in [0.25, 0.3) is 0 Å². The first-order valence-electron chi connectivity index (χ1n) is 7.41. The van der Waals surface area contributed by atoms with E-state index in [4.69, 9.17) is 14.1 Å². The summed E-state index contributed by atoms with van der Waals surface area (Å²) in [5.74, 6) is 0. The van der Waals surface area contributed by atoms with Gasteiger partial charge in [0.05, 0.1) is 13.2 Å². The van der Waals surface area contributed by atoms with E-state index in [1.807, 2.05) is 37.3 Å². The zero-order valence-electron chi connectivity index (χ0n) is 12.6. The van der Waals surface area contributed by atoms with Gasteiger partial charge in [-0.25, -0.2) is 0 Å². The highest BCUT2D eigenvalue weighted by Crippen LogP contribution is 2.62. The Morgan fingerprint density at radius 3 is 2.71 bits per heavy atom. The summed E-state index contributed by atoms with van der Waals surface area (Å²) in [5, 5.41) is 11.7. The van der Waals surface area contributed by atoms with Crippen LogP contribution in [0.15, 0.2) is 30.3 Å². The van der Waals surface area contributed by atoms with E-state index in [1.54, 1.807) is 0 Å². The van der Waals surface area contributed by atoms with Crippen LogP contribution in [0.2, 0.25) is 18.6 Å². The first kappa shape index (κ1) is 13.9. The molecule has 3 aliphatic heterocycles. The summed E-state index contributed by atoms with van der Waals surface area (Å²) in [6, 6.07) is 10.1. The van der Waals surface area contributed by atoms with Crippen molar-refractivity contribution >= 4 is 8.32 Å². The molecule has 0 amide bonds. The van der Waals surface area contributed by atoms with E-state index in [0.717, 1.165) is 5.56 Å². The van der Waals surface area contributed by atoms with Crippen LogP contribution in [0.3, 0.4) is 0 Å². The molecule has 21 heavy (non-hydrogen) atoms. The Bertz CT molecular complexity index is 568. The van der Waals surface area contributed by atoms with Crippen LogP contribution in [0, 0.1) is 0 Å². The Kier molecular flexibility index (Phi) is 2.74. The van der Waals surface area contributed by atoms with Crippen molar-refractivity contribution in [3.8, 4) is 0 Å². The minimum Gasteiger partial charge on any atom is -0.408 e. The van der Waals surface area contributed by atoms with Crippen LogP contribution >= 0.6 is 0 Å². The smallest absolute Gasteiger partial charge is 0.195 e. The Morgan fingerprint density at radius 2 is 2.05 bits per heavy atom. The summed E-state index contributed by atoms with van der Waals surface area (Å²) in [4.78, 5) is 11.9. The maximum Gasteiger partial charge on any atom is 0.195 e. The van der Waals surface area contributed by atoms with Crippen molar-refractivity contribution < 1.29 is 19.2 Å². The van der Waals surface area contributed by atoms with Gasteiger partial charge < -0.3 is 9.53 Å². The molecule has 1 aromatic rings. The summed E-state index contributed by atoms with van der Waals surface area (Å²) in [6.07, 6.45) is -0.216. The molecule has 3 heterocycles. The number of benzene rings is 1. The summed E-state index contributed by atoms with van der Waals surface area (Å²) in [5.41, 5.74) is 0.0563. The summed E-state index contributed by atoms with van der Waals surface area (Å²) < 4.78 is 6.50. The number of nitrogens with zero attached hydrogens (tertiary/aromatic N) is 1. The molecule has 0 unspecified atom stereocenters. The molecule has 3 fully saturated rings. The minimum absolute atomic E-state index is 0.0127. The molecular weight excluding hydrogens is 286 g/mol. The molecule has 3 aliphatic rings. The van der Waals surface area contributed by atoms with E-state index < -0.39 is 19.5 Å². The van der Waals surface area contributed by atoms with Gasteiger partial charge in [-0.1, -0.05) is 35.6 Å². The van der Waals surface area contributed by atoms with Crippen LogP contribution in [0.5, 0.6) is 0 Å². The average molecular weight is 307 g/mol. The predicted molar refractivity (Wildman–Crippen MR) is 78.6 cm³/mol. The normalized spacial score (nSPS) is 44.2. The van der Waals surface area contributed by atoms with Crippen LogP contribution < -0.4 is 0 Å². The zero-order chi connectivity index (χ0) is 14.9. The molecule has 3 saturated heterocycles. The fourth-order valence-electron chi connectivity index (χ4n) is 4.25. The van der Waals surface area contributed by atoms with Gasteiger partial charge in [-0.2, -0.15) is 0 Å². The van der Waals surface area contributed by atoms with Gasteiger partial charge in [0.15, 0.2) is 8.32 Å². The Labute approximate surface area is 125 Å². The summed E-state index contributed by atoms with van der Waals surface area (Å²) >= 11 is 0. The second kappa shape index (κ2) is 4.16. The third-order valence-electron chi connectivity index (χ3n) is 5.39. The highest BCUT2D eigenvalue weighted by Gasteiger charge is 2.77. The summed E-state index contributed by atoms with van der Waals surface area (Å²) in [6.45, 7) is 6.98. The van der Waals surface area contributed by atoms with Crippen molar-refractivity contribution in [1.82, 2.24) is 5.23 Å². The summed E-state index contributed by atoms with van der Waals surface area (Å²) in [7, 11) is -1.95. The fourth-order valence-corrected chi connectivity index (χ4v) is 7.48. The first-order valence-corrected chi connectivity index (χ1v) is 10.4. The molecule has 5 nitrogen and oxygen atoms in total. The lowest BCUT2D eigenvalue weighted by molar-refractivity contribution is -0.379. The highest BCUT2D eigenvalue weighted by atomic mass is 28.4. The van der Waals surface area contributed by atoms with E-state index in [0.29, 0.717) is 6.61 Å². The topological polar surface area (TPSA) is 51.2 Å². The van der Waals surface area contributed by atoms with Crippen LogP contribution in [-0.2, 0) is 19.7 Å². The zero-order valence-corrected chi connectivity index (χ0v) is 13.6. The highest BCUT2D eigenvalue weighted by molar-refractivity contribution is 6.74. The maximum atomic E-state index is 10.2. The van der Waals surface area contributed by atoms with Gasteiger partial charge in [-0.05, 0) is 25.6 Å². The Morgan fingerprint density at radius 1 is 1.33 bits per heavy atom. The quantitative estimate of drug-likeness (QED) is 0.844. The lowest BCUT2D eigenvalue weighted by Gasteiger charge is -2.31. The standard InChI is InChI=1S/C15H21NO4Si/c1-14(11-7-5-4-6-8-11)13-15(10-17)12(21(2,3)19-13)9-18-16(15)20-14/h4-8,12-13,17H,9-10H2,1-3H3/t12-,13+,14+,15+/m0/s1. The molecule has 114 valence electrons. The van der Waals surface area contributed by atoms with Gasteiger partial charge >= 0.3 is 0 Å². The second-order valence-corrected chi connectivity index (χ2v) is 11.1. The molecule has 0 saturated carbocycles. The maximum absolute atomic E-state index is 10.2. The SMILES string of the molecule is C[C@]1(c2ccccc2)ON2OC[C@H]3[C@]2(CO)[C@@H]1O[Si]3(C)C. The largest absolute Gasteiger partial charge is 0.408 e. The van der Waals surface area contributed by atoms with Gasteiger partial charge in [0, 0.05) is 5.54 Å². The van der Waals surface area contributed by atoms with Gasteiger partial charge in [0.2, 0.25) is 0 Å². The molecule has 0 radical (unpaired) electrons. The van der Waals surface area contributed by atoms with E-state index in [1.165, 1.54) is 5.23 Å². The van der Waals surface area contributed by atoms with Crippen molar-refractivity contribution in [2.24, 2.45) is 0 Å². The Hall–Kier alpha value is -0.763. The van der Waals surface area contributed by atoms with Crippen LogP contribution in [0.25, 0.3) is 0 Å². The monoisotopic (exact) mass is 307 g/mol. The molecular formula is C15H21NO4Si. The van der Waals surface area contributed by atoms with Crippen molar-refractivity contribution in [2.45, 2.75) is 42.8 Å². The first-order chi connectivity index (χ1) is 9.95. The second-order valence-electron chi connectivity index (χ2n) is 6.92. The van der Waals surface area contributed by atoms with E-state index in [9.17, 15) is 5.11 Å². The van der Waals surface area contributed by atoms with Crippen LogP contribution in [-0.4, -0.2) is 43.5 Å². The molecule has 4 atom stereocenters. The minimum atomic E-state index is -1.95. The number of hydroxylamine groups is 2. The number of rotatable bonds is 2. The molecule has 0 spiro atoms. The number of hydrogen-bond acceptors (Lipinski definition) is 5. The van der Waals surface area contributed by atoms with Crippen molar-refractivity contribution in [3.05, 3.63) is 35.9 Å². The number of hydrogen-bond donors (Lipinski definition) is 1. The molecule has 0 aromatic heterocycles. The van der Waals surface area contributed by atoms with E-state index in [2.05, 4.69) is 13.1 Å². The third kappa shape index (κ3) is 1.52. The van der Waals surface area contributed by atoms with E-state index >= 15 is 0 Å². The van der Waals surface area contributed by atoms with Gasteiger partial charge in [0.1, 0.15) is 17.2 Å². The van der Waals surface area contributed by atoms with Crippen molar-refractivity contribution in [3.63, 3.8) is 0 Å². The average Bonchev–Trinajstić information content (AvgIpc) is 3.03. The lowest BCUT2D eigenvalue weighted by Crippen LogP contribution is -2.51. The van der Waals surface area contributed by atoms with Crippen molar-refractivity contribution in [2.75, 3.05) is 13.2 Å². The Balaban J connectivity index is 1.85. The number of aliphatic hydroxyl groups is 1. The molecule has 0 aliphatic carbocycles.